The van der Waals surface area contributed by atoms with Gasteiger partial charge in [-0.1, -0.05) is 73.2 Å². The third kappa shape index (κ3) is 8.49. The molecule has 0 aliphatic rings. The van der Waals surface area contributed by atoms with Gasteiger partial charge in [0.25, 0.3) is 0 Å². The van der Waals surface area contributed by atoms with Gasteiger partial charge in [-0.2, -0.15) is 0 Å². The zero-order valence-corrected chi connectivity index (χ0v) is 14.5. The van der Waals surface area contributed by atoms with Crippen molar-refractivity contribution < 1.29 is 4.74 Å². The average Bonchev–Trinajstić information content (AvgIpc) is 2.46. The number of halogens is 1. The Bertz CT molecular complexity index is 412. The van der Waals surface area contributed by atoms with Crippen molar-refractivity contribution in [2.45, 2.75) is 45.4 Å². The molecule has 0 spiro atoms. The van der Waals surface area contributed by atoms with Gasteiger partial charge < -0.3 is 4.74 Å². The van der Waals surface area contributed by atoms with Crippen LogP contribution in [0.3, 0.4) is 0 Å². The Morgan fingerprint density at radius 1 is 1.10 bits per heavy atom. The second-order valence-corrected chi connectivity index (χ2v) is 6.14. The van der Waals surface area contributed by atoms with Gasteiger partial charge in [0.1, 0.15) is 0 Å². The van der Waals surface area contributed by atoms with Gasteiger partial charge in [-0.3, -0.25) is 0 Å². The quantitative estimate of drug-likeness (QED) is 0.298. The Morgan fingerprint density at radius 2 is 1.75 bits per heavy atom. The first-order valence-electron chi connectivity index (χ1n) is 7.33. The third-order valence-electron chi connectivity index (χ3n) is 3.02. The van der Waals surface area contributed by atoms with Crippen LogP contribution in [0.15, 0.2) is 34.8 Å². The molecule has 0 saturated carbocycles. The van der Waals surface area contributed by atoms with Gasteiger partial charge in [0.05, 0.1) is 6.61 Å². The summed E-state index contributed by atoms with van der Waals surface area (Å²) in [6.07, 6.45) is 11.4. The summed E-state index contributed by atoms with van der Waals surface area (Å²) < 4.78 is 6.61. The second kappa shape index (κ2) is 11.0. The van der Waals surface area contributed by atoms with Crippen molar-refractivity contribution in [2.24, 2.45) is 0 Å². The summed E-state index contributed by atoms with van der Waals surface area (Å²) in [5.74, 6) is 0. The summed E-state index contributed by atoms with van der Waals surface area (Å²) in [5, 5.41) is 0.571. The SMILES string of the molecule is CCCCCCCCOC(=S)/C=C/c1ccc(Br)cc1. The van der Waals surface area contributed by atoms with E-state index < -0.39 is 0 Å². The molecule has 20 heavy (non-hydrogen) atoms. The molecule has 0 atom stereocenters. The number of ether oxygens (including phenoxy) is 1. The minimum Gasteiger partial charge on any atom is -0.483 e. The number of hydrogen-bond acceptors (Lipinski definition) is 2. The minimum absolute atomic E-state index is 0.571. The van der Waals surface area contributed by atoms with Crippen LogP contribution >= 0.6 is 28.1 Å². The minimum atomic E-state index is 0.571. The highest BCUT2D eigenvalue weighted by Gasteiger charge is 1.94. The lowest BCUT2D eigenvalue weighted by Gasteiger charge is -2.04. The van der Waals surface area contributed by atoms with Crippen molar-refractivity contribution in [3.05, 3.63) is 40.4 Å². The number of benzene rings is 1. The van der Waals surface area contributed by atoms with E-state index in [0.717, 1.165) is 23.1 Å². The summed E-state index contributed by atoms with van der Waals surface area (Å²) in [7, 11) is 0. The molecular formula is C17H23BrOS. The molecule has 0 heterocycles. The maximum atomic E-state index is 5.53. The molecule has 0 N–H and O–H groups in total. The van der Waals surface area contributed by atoms with Crippen LogP contribution in [0.1, 0.15) is 51.0 Å². The van der Waals surface area contributed by atoms with Crippen molar-refractivity contribution in [1.29, 1.82) is 0 Å². The summed E-state index contributed by atoms with van der Waals surface area (Å²) in [6, 6.07) is 8.10. The highest BCUT2D eigenvalue weighted by molar-refractivity contribution is 9.10. The van der Waals surface area contributed by atoms with E-state index in [1.807, 2.05) is 36.4 Å². The molecule has 0 amide bonds. The molecule has 0 aliphatic carbocycles. The fourth-order valence-corrected chi connectivity index (χ4v) is 2.26. The predicted molar refractivity (Wildman–Crippen MR) is 95.1 cm³/mol. The molecule has 3 heteroatoms. The highest BCUT2D eigenvalue weighted by Crippen LogP contribution is 2.11. The third-order valence-corrected chi connectivity index (χ3v) is 3.81. The van der Waals surface area contributed by atoms with E-state index in [4.69, 9.17) is 17.0 Å². The molecule has 1 aromatic rings. The predicted octanol–water partition coefficient (Wildman–Crippen LogP) is 6.17. The van der Waals surface area contributed by atoms with Gasteiger partial charge in [0.15, 0.2) is 5.05 Å². The largest absolute Gasteiger partial charge is 0.483 e. The van der Waals surface area contributed by atoms with E-state index >= 15 is 0 Å². The van der Waals surface area contributed by atoms with Crippen LogP contribution in [-0.2, 0) is 4.74 Å². The van der Waals surface area contributed by atoms with Gasteiger partial charge >= 0.3 is 0 Å². The molecule has 1 aromatic carbocycles. The number of unbranched alkanes of at least 4 members (excludes halogenated alkanes) is 5. The van der Waals surface area contributed by atoms with Crippen molar-refractivity contribution in [3.8, 4) is 0 Å². The lowest BCUT2D eigenvalue weighted by atomic mass is 10.1. The molecule has 0 saturated heterocycles. The van der Waals surface area contributed by atoms with Crippen LogP contribution < -0.4 is 0 Å². The van der Waals surface area contributed by atoms with E-state index in [2.05, 4.69) is 22.9 Å². The zero-order chi connectivity index (χ0) is 14.6. The van der Waals surface area contributed by atoms with E-state index in [9.17, 15) is 0 Å². The highest BCUT2D eigenvalue weighted by atomic mass is 79.9. The summed E-state index contributed by atoms with van der Waals surface area (Å²) in [4.78, 5) is 0. The van der Waals surface area contributed by atoms with Crippen LogP contribution in [0.2, 0.25) is 0 Å². The van der Waals surface area contributed by atoms with E-state index in [0.29, 0.717) is 5.05 Å². The Balaban J connectivity index is 2.12. The van der Waals surface area contributed by atoms with E-state index in [1.165, 1.54) is 32.1 Å². The Kier molecular flexibility index (Phi) is 9.60. The Hall–Kier alpha value is -0.670. The first-order valence-corrected chi connectivity index (χ1v) is 8.53. The second-order valence-electron chi connectivity index (χ2n) is 4.82. The van der Waals surface area contributed by atoms with Crippen molar-refractivity contribution in [2.75, 3.05) is 6.61 Å². The Labute approximate surface area is 136 Å². The summed E-state index contributed by atoms with van der Waals surface area (Å²) >= 11 is 8.60. The molecule has 1 nitrogen and oxygen atoms in total. The lowest BCUT2D eigenvalue weighted by molar-refractivity contribution is 0.302. The van der Waals surface area contributed by atoms with Crippen molar-refractivity contribution >= 4 is 39.3 Å². The summed E-state index contributed by atoms with van der Waals surface area (Å²) in [6.45, 7) is 2.97. The first kappa shape index (κ1) is 17.4. The first-order chi connectivity index (χ1) is 9.72. The van der Waals surface area contributed by atoms with Gasteiger partial charge in [-0.15, -0.1) is 0 Å². The maximum Gasteiger partial charge on any atom is 0.183 e. The van der Waals surface area contributed by atoms with E-state index in [1.54, 1.807) is 0 Å². The fraction of sp³-hybridized carbons (Fsp3) is 0.471. The zero-order valence-electron chi connectivity index (χ0n) is 12.1. The van der Waals surface area contributed by atoms with E-state index in [-0.39, 0.29) is 0 Å². The van der Waals surface area contributed by atoms with Crippen LogP contribution in [0.4, 0.5) is 0 Å². The standard InChI is InChI=1S/C17H23BrOS/c1-2-3-4-5-6-7-14-19-17(20)13-10-15-8-11-16(18)12-9-15/h8-13H,2-7,14H2,1H3/b13-10+. The Morgan fingerprint density at radius 3 is 2.45 bits per heavy atom. The molecule has 1 rings (SSSR count). The average molecular weight is 355 g/mol. The maximum absolute atomic E-state index is 5.53. The monoisotopic (exact) mass is 354 g/mol. The molecule has 0 aliphatic heterocycles. The number of hydrogen-bond donors (Lipinski definition) is 0. The van der Waals surface area contributed by atoms with Crippen molar-refractivity contribution in [3.63, 3.8) is 0 Å². The van der Waals surface area contributed by atoms with Crippen LogP contribution in [0.25, 0.3) is 6.08 Å². The molecular weight excluding hydrogens is 332 g/mol. The van der Waals surface area contributed by atoms with Crippen LogP contribution in [-0.4, -0.2) is 11.7 Å². The molecule has 0 bridgehead atoms. The van der Waals surface area contributed by atoms with Gasteiger partial charge in [0.2, 0.25) is 0 Å². The van der Waals surface area contributed by atoms with Crippen molar-refractivity contribution in [1.82, 2.24) is 0 Å². The molecule has 0 unspecified atom stereocenters. The molecule has 0 radical (unpaired) electrons. The van der Waals surface area contributed by atoms with Gasteiger partial charge in [-0.25, -0.2) is 0 Å². The normalized spacial score (nSPS) is 10.9. The summed E-state index contributed by atoms with van der Waals surface area (Å²) in [5.41, 5.74) is 1.12. The fourth-order valence-electron chi connectivity index (χ4n) is 1.84. The van der Waals surface area contributed by atoms with Crippen LogP contribution in [0, 0.1) is 0 Å². The molecule has 110 valence electrons. The lowest BCUT2D eigenvalue weighted by Crippen LogP contribution is -1.99. The number of thiocarbonyl (C=S) groups is 1. The number of rotatable bonds is 9. The van der Waals surface area contributed by atoms with Gasteiger partial charge in [0, 0.05) is 4.47 Å². The smallest absolute Gasteiger partial charge is 0.183 e. The molecule has 0 fully saturated rings. The molecule has 0 aromatic heterocycles. The van der Waals surface area contributed by atoms with Gasteiger partial charge in [-0.05, 0) is 42.4 Å². The van der Waals surface area contributed by atoms with Crippen LogP contribution in [0.5, 0.6) is 0 Å². The topological polar surface area (TPSA) is 9.23 Å².